The van der Waals surface area contributed by atoms with Gasteiger partial charge >= 0.3 is 0 Å². The maximum absolute atomic E-state index is 6.20. The van der Waals surface area contributed by atoms with Gasteiger partial charge in [0.25, 0.3) is 0 Å². The molecule has 92 valence electrons. The van der Waals surface area contributed by atoms with Crippen molar-refractivity contribution in [2.24, 2.45) is 0 Å². The number of hydrogen-bond acceptors (Lipinski definition) is 0. The molecule has 0 saturated carbocycles. The molecule has 0 amide bonds. The van der Waals surface area contributed by atoms with Gasteiger partial charge in [0, 0.05) is 0 Å². The molecule has 0 radical (unpaired) electrons. The van der Waals surface area contributed by atoms with Crippen molar-refractivity contribution in [3.63, 3.8) is 0 Å². The minimum absolute atomic E-state index is 0.806. The lowest BCUT2D eigenvalue weighted by atomic mass is 10.2. The summed E-state index contributed by atoms with van der Waals surface area (Å²) < 4.78 is 1.15. The Hall–Kier alpha value is 0.250. The molecule has 0 unspecified atom stereocenters. The molecule has 0 rings (SSSR count). The summed E-state index contributed by atoms with van der Waals surface area (Å²) in [6.07, 6.45) is 7.82. The Labute approximate surface area is 101 Å². The van der Waals surface area contributed by atoms with Crippen molar-refractivity contribution in [3.05, 3.63) is 0 Å². The van der Waals surface area contributed by atoms with Crippen molar-refractivity contribution in [2.45, 2.75) is 59.3 Å². The number of quaternary nitrogens is 1. The number of nitrogens with zero attached hydrogens (tertiary/aromatic N) is 1. The molecular formula is C13H29ClN+. The second-order valence-electron chi connectivity index (χ2n) is 4.69. The van der Waals surface area contributed by atoms with E-state index in [1.54, 1.807) is 0 Å². The van der Waals surface area contributed by atoms with Crippen LogP contribution in [0, 0.1) is 0 Å². The Kier molecular flexibility index (Phi) is 9.63. The number of hydrogen-bond donors (Lipinski definition) is 0. The first-order chi connectivity index (χ1) is 7.24. The molecule has 0 aromatic heterocycles. The zero-order valence-electron chi connectivity index (χ0n) is 10.9. The van der Waals surface area contributed by atoms with Crippen molar-refractivity contribution < 1.29 is 4.48 Å². The number of rotatable bonds is 10. The molecular weight excluding hydrogens is 206 g/mol. The summed E-state index contributed by atoms with van der Waals surface area (Å²) in [5.41, 5.74) is 0. The fourth-order valence-corrected chi connectivity index (χ4v) is 2.35. The smallest absolute Gasteiger partial charge is 0.154 e. The lowest BCUT2D eigenvalue weighted by molar-refractivity contribution is -0.918. The van der Waals surface area contributed by atoms with Gasteiger partial charge < -0.3 is 4.48 Å². The van der Waals surface area contributed by atoms with E-state index < -0.39 is 0 Å². The lowest BCUT2D eigenvalue weighted by Crippen LogP contribution is -2.49. The average Bonchev–Trinajstić information content (AvgIpc) is 2.29. The van der Waals surface area contributed by atoms with Crippen molar-refractivity contribution in [2.75, 3.05) is 25.6 Å². The molecule has 0 bridgehead atoms. The van der Waals surface area contributed by atoms with E-state index in [1.165, 1.54) is 58.2 Å². The summed E-state index contributed by atoms with van der Waals surface area (Å²) in [5, 5.41) is 0. The summed E-state index contributed by atoms with van der Waals surface area (Å²) >= 11 is 6.20. The van der Waals surface area contributed by atoms with Gasteiger partial charge in [-0.15, -0.1) is 0 Å². The van der Waals surface area contributed by atoms with Gasteiger partial charge in [-0.05, 0) is 19.3 Å². The van der Waals surface area contributed by atoms with E-state index in [9.17, 15) is 0 Å². The number of halogens is 1. The van der Waals surface area contributed by atoms with Crippen LogP contribution < -0.4 is 0 Å². The minimum Gasteiger partial charge on any atom is -0.311 e. The highest BCUT2D eigenvalue weighted by atomic mass is 35.5. The molecule has 0 aromatic rings. The SMILES string of the molecule is CCCC[N+](CCl)(CCCC)CCCC. The predicted octanol–water partition coefficient (Wildman–Crippen LogP) is 4.40. The molecule has 2 heteroatoms. The Balaban J connectivity index is 4.16. The van der Waals surface area contributed by atoms with E-state index >= 15 is 0 Å². The Morgan fingerprint density at radius 1 is 0.733 bits per heavy atom. The van der Waals surface area contributed by atoms with E-state index in [4.69, 9.17) is 11.6 Å². The Bertz CT molecular complexity index is 115. The van der Waals surface area contributed by atoms with Crippen LogP contribution in [-0.2, 0) is 0 Å². The van der Waals surface area contributed by atoms with E-state index in [2.05, 4.69) is 20.8 Å². The first-order valence-corrected chi connectivity index (χ1v) is 7.19. The predicted molar refractivity (Wildman–Crippen MR) is 70.3 cm³/mol. The highest BCUT2D eigenvalue weighted by molar-refractivity contribution is 6.16. The molecule has 0 aliphatic heterocycles. The summed E-state index contributed by atoms with van der Waals surface area (Å²) in [6.45, 7) is 10.6. The summed E-state index contributed by atoms with van der Waals surface area (Å²) in [5.74, 6) is 0. The summed E-state index contributed by atoms with van der Waals surface area (Å²) in [4.78, 5) is 0. The van der Waals surface area contributed by atoms with Crippen LogP contribution >= 0.6 is 11.6 Å². The van der Waals surface area contributed by atoms with E-state index in [0.29, 0.717) is 0 Å². The van der Waals surface area contributed by atoms with Gasteiger partial charge in [-0.1, -0.05) is 51.6 Å². The van der Waals surface area contributed by atoms with Crippen molar-refractivity contribution >= 4 is 11.6 Å². The maximum atomic E-state index is 6.20. The minimum atomic E-state index is 0.806. The molecule has 1 nitrogen and oxygen atoms in total. The van der Waals surface area contributed by atoms with Gasteiger partial charge in [0.1, 0.15) is 0 Å². The Morgan fingerprint density at radius 2 is 1.07 bits per heavy atom. The zero-order valence-corrected chi connectivity index (χ0v) is 11.7. The second-order valence-corrected chi connectivity index (χ2v) is 4.93. The fraction of sp³-hybridized carbons (Fsp3) is 1.00. The molecule has 0 heterocycles. The summed E-state index contributed by atoms with van der Waals surface area (Å²) in [7, 11) is 0. The van der Waals surface area contributed by atoms with Crippen molar-refractivity contribution in [1.29, 1.82) is 0 Å². The fourth-order valence-electron chi connectivity index (χ4n) is 2.00. The first-order valence-electron chi connectivity index (χ1n) is 6.65. The molecule has 0 aromatic carbocycles. The molecule has 0 aliphatic carbocycles. The quantitative estimate of drug-likeness (QED) is 0.299. The molecule has 15 heavy (non-hydrogen) atoms. The van der Waals surface area contributed by atoms with E-state index in [-0.39, 0.29) is 0 Å². The van der Waals surface area contributed by atoms with Crippen LogP contribution in [0.25, 0.3) is 0 Å². The van der Waals surface area contributed by atoms with Gasteiger partial charge in [-0.3, -0.25) is 0 Å². The molecule has 0 atom stereocenters. The molecule has 0 fully saturated rings. The van der Waals surface area contributed by atoms with Gasteiger partial charge in [0.05, 0.1) is 19.6 Å². The third-order valence-corrected chi connectivity index (χ3v) is 3.72. The maximum Gasteiger partial charge on any atom is 0.154 e. The number of unbranched alkanes of at least 4 members (excludes halogenated alkanes) is 3. The van der Waals surface area contributed by atoms with Gasteiger partial charge in [0.2, 0.25) is 0 Å². The number of alkyl halides is 1. The van der Waals surface area contributed by atoms with Gasteiger partial charge in [0.15, 0.2) is 6.00 Å². The highest BCUT2D eigenvalue weighted by Crippen LogP contribution is 2.15. The molecule has 0 aliphatic rings. The lowest BCUT2D eigenvalue weighted by Gasteiger charge is -2.37. The normalized spacial score (nSPS) is 12.0. The van der Waals surface area contributed by atoms with E-state index in [0.717, 1.165) is 10.5 Å². The van der Waals surface area contributed by atoms with Crippen molar-refractivity contribution in [1.82, 2.24) is 0 Å². The van der Waals surface area contributed by atoms with Crippen LogP contribution in [0.2, 0.25) is 0 Å². The summed E-state index contributed by atoms with van der Waals surface area (Å²) in [6, 6.07) is 0.806. The van der Waals surface area contributed by atoms with E-state index in [1.807, 2.05) is 0 Å². The van der Waals surface area contributed by atoms with Crippen LogP contribution in [0.4, 0.5) is 0 Å². The molecule has 0 N–H and O–H groups in total. The van der Waals surface area contributed by atoms with Crippen LogP contribution in [0.15, 0.2) is 0 Å². The van der Waals surface area contributed by atoms with Crippen LogP contribution in [0.1, 0.15) is 59.3 Å². The third kappa shape index (κ3) is 6.42. The van der Waals surface area contributed by atoms with Crippen molar-refractivity contribution in [3.8, 4) is 0 Å². The largest absolute Gasteiger partial charge is 0.311 e. The van der Waals surface area contributed by atoms with Gasteiger partial charge in [-0.25, -0.2) is 0 Å². The highest BCUT2D eigenvalue weighted by Gasteiger charge is 2.24. The zero-order chi connectivity index (χ0) is 11.6. The average molecular weight is 235 g/mol. The first kappa shape index (κ1) is 15.2. The standard InChI is InChI=1S/C13H29ClN/c1-4-7-10-15(13-14,11-8-5-2)12-9-6-3/h4-13H2,1-3H3/q+1. The Morgan fingerprint density at radius 3 is 1.27 bits per heavy atom. The molecule has 0 spiro atoms. The third-order valence-electron chi connectivity index (χ3n) is 3.21. The van der Waals surface area contributed by atoms with Crippen LogP contribution in [0.5, 0.6) is 0 Å². The van der Waals surface area contributed by atoms with Crippen LogP contribution in [-0.4, -0.2) is 30.1 Å². The monoisotopic (exact) mass is 234 g/mol. The molecule has 0 saturated heterocycles. The second kappa shape index (κ2) is 9.47. The topological polar surface area (TPSA) is 0 Å². The van der Waals surface area contributed by atoms with Crippen LogP contribution in [0.3, 0.4) is 0 Å². The van der Waals surface area contributed by atoms with Gasteiger partial charge in [-0.2, -0.15) is 0 Å².